The SMILES string of the molecule is COC(=O)c1occc1CNc1ccc(Br)nc1C. The lowest BCUT2D eigenvalue weighted by atomic mass is 10.2. The first-order valence-corrected chi connectivity index (χ1v) is 6.43. The van der Waals surface area contributed by atoms with Crippen LogP contribution in [0.25, 0.3) is 0 Å². The van der Waals surface area contributed by atoms with Gasteiger partial charge in [0.2, 0.25) is 5.76 Å². The number of nitrogens with one attached hydrogen (secondary N) is 1. The van der Waals surface area contributed by atoms with Gasteiger partial charge in [-0.3, -0.25) is 0 Å². The average molecular weight is 325 g/mol. The smallest absolute Gasteiger partial charge is 0.374 e. The Hall–Kier alpha value is -1.82. The van der Waals surface area contributed by atoms with Crippen molar-refractivity contribution in [3.63, 3.8) is 0 Å². The van der Waals surface area contributed by atoms with Gasteiger partial charge in [-0.1, -0.05) is 0 Å². The molecule has 0 saturated carbocycles. The van der Waals surface area contributed by atoms with Crippen molar-refractivity contribution < 1.29 is 13.9 Å². The molecule has 0 aliphatic heterocycles. The zero-order valence-corrected chi connectivity index (χ0v) is 12.2. The van der Waals surface area contributed by atoms with Crippen LogP contribution in [0.4, 0.5) is 5.69 Å². The minimum atomic E-state index is -0.479. The number of esters is 1. The molecule has 0 saturated heterocycles. The predicted molar refractivity (Wildman–Crippen MR) is 74.0 cm³/mol. The standard InChI is InChI=1S/C13H13BrN2O3/c1-8-10(3-4-11(14)16-8)15-7-9-5-6-19-12(9)13(17)18-2/h3-6,15H,7H2,1-2H3. The van der Waals surface area contributed by atoms with Crippen LogP contribution in [0.2, 0.25) is 0 Å². The topological polar surface area (TPSA) is 64.4 Å². The molecule has 0 aliphatic rings. The molecular formula is C13H13BrN2O3. The summed E-state index contributed by atoms with van der Waals surface area (Å²) in [5.41, 5.74) is 2.52. The molecule has 19 heavy (non-hydrogen) atoms. The number of furan rings is 1. The number of nitrogens with zero attached hydrogens (tertiary/aromatic N) is 1. The second-order valence-electron chi connectivity index (χ2n) is 3.89. The molecule has 0 bridgehead atoms. The molecule has 2 aromatic heterocycles. The van der Waals surface area contributed by atoms with Crippen LogP contribution in [-0.2, 0) is 11.3 Å². The zero-order valence-electron chi connectivity index (χ0n) is 10.6. The molecule has 0 unspecified atom stereocenters. The fourth-order valence-corrected chi connectivity index (χ4v) is 2.05. The maximum absolute atomic E-state index is 11.5. The summed E-state index contributed by atoms with van der Waals surface area (Å²) < 4.78 is 10.6. The number of methoxy groups -OCH3 is 1. The minimum absolute atomic E-state index is 0.220. The monoisotopic (exact) mass is 324 g/mol. The van der Waals surface area contributed by atoms with Crippen molar-refractivity contribution in [1.29, 1.82) is 0 Å². The van der Waals surface area contributed by atoms with E-state index in [1.54, 1.807) is 6.07 Å². The van der Waals surface area contributed by atoms with Crippen LogP contribution < -0.4 is 5.32 Å². The van der Waals surface area contributed by atoms with Crippen LogP contribution in [0.3, 0.4) is 0 Å². The van der Waals surface area contributed by atoms with Gasteiger partial charge < -0.3 is 14.5 Å². The molecule has 1 N–H and O–H groups in total. The number of halogens is 1. The Labute approximate surface area is 119 Å². The zero-order chi connectivity index (χ0) is 13.8. The van der Waals surface area contributed by atoms with E-state index in [4.69, 9.17) is 4.42 Å². The van der Waals surface area contributed by atoms with Crippen LogP contribution >= 0.6 is 15.9 Å². The first kappa shape index (κ1) is 13.6. The van der Waals surface area contributed by atoms with Crippen LogP contribution in [0.15, 0.2) is 33.5 Å². The Morgan fingerprint density at radius 2 is 2.26 bits per heavy atom. The Morgan fingerprint density at radius 1 is 1.47 bits per heavy atom. The number of carbonyl (C=O) groups excluding carboxylic acids is 1. The molecule has 0 aliphatic carbocycles. The van der Waals surface area contributed by atoms with Crippen LogP contribution in [0.5, 0.6) is 0 Å². The Morgan fingerprint density at radius 3 is 2.95 bits per heavy atom. The molecule has 0 fully saturated rings. The summed E-state index contributed by atoms with van der Waals surface area (Å²) in [6, 6.07) is 5.51. The number of hydrogen-bond donors (Lipinski definition) is 1. The molecule has 0 radical (unpaired) electrons. The van der Waals surface area contributed by atoms with Gasteiger partial charge in [0.05, 0.1) is 24.8 Å². The van der Waals surface area contributed by atoms with E-state index in [0.717, 1.165) is 21.5 Å². The molecule has 6 heteroatoms. The first-order valence-electron chi connectivity index (χ1n) is 5.63. The van der Waals surface area contributed by atoms with E-state index in [0.29, 0.717) is 6.54 Å². The van der Waals surface area contributed by atoms with Gasteiger partial charge in [-0.05, 0) is 41.1 Å². The van der Waals surface area contributed by atoms with Gasteiger partial charge in [0.1, 0.15) is 4.60 Å². The average Bonchev–Trinajstić information content (AvgIpc) is 2.85. The fraction of sp³-hybridized carbons (Fsp3) is 0.231. The second kappa shape index (κ2) is 5.88. The summed E-state index contributed by atoms with van der Waals surface area (Å²) in [6.07, 6.45) is 1.47. The van der Waals surface area contributed by atoms with Crippen LogP contribution in [0, 0.1) is 6.92 Å². The lowest BCUT2D eigenvalue weighted by Gasteiger charge is -2.08. The van der Waals surface area contributed by atoms with Gasteiger partial charge in [0.25, 0.3) is 0 Å². The van der Waals surface area contributed by atoms with Gasteiger partial charge >= 0.3 is 5.97 Å². The summed E-state index contributed by atoms with van der Waals surface area (Å²) in [7, 11) is 1.32. The van der Waals surface area contributed by atoms with Crippen LogP contribution in [-0.4, -0.2) is 18.1 Å². The van der Waals surface area contributed by atoms with Gasteiger partial charge in [0, 0.05) is 12.1 Å². The van der Waals surface area contributed by atoms with E-state index in [2.05, 4.69) is 31.0 Å². The number of aromatic nitrogens is 1. The largest absolute Gasteiger partial charge is 0.463 e. The number of anilines is 1. The van der Waals surface area contributed by atoms with Crippen molar-refractivity contribution in [2.24, 2.45) is 0 Å². The van der Waals surface area contributed by atoms with E-state index in [1.165, 1.54) is 13.4 Å². The summed E-state index contributed by atoms with van der Waals surface area (Å²) in [5.74, 6) is -0.259. The molecular weight excluding hydrogens is 312 g/mol. The number of pyridine rings is 1. The highest BCUT2D eigenvalue weighted by Crippen LogP contribution is 2.18. The number of ether oxygens (including phenoxy) is 1. The van der Waals surface area contributed by atoms with Crippen molar-refractivity contribution in [1.82, 2.24) is 4.98 Å². The Kier molecular flexibility index (Phi) is 4.21. The summed E-state index contributed by atoms with van der Waals surface area (Å²) >= 11 is 3.31. The van der Waals surface area contributed by atoms with Crippen molar-refractivity contribution >= 4 is 27.6 Å². The third-order valence-electron chi connectivity index (χ3n) is 2.64. The van der Waals surface area contributed by atoms with Gasteiger partial charge in [-0.15, -0.1) is 0 Å². The predicted octanol–water partition coefficient (Wildman–Crippen LogP) is 3.14. The van der Waals surface area contributed by atoms with E-state index in [1.807, 2.05) is 19.1 Å². The molecule has 5 nitrogen and oxygen atoms in total. The highest BCUT2D eigenvalue weighted by Gasteiger charge is 2.15. The van der Waals surface area contributed by atoms with Crippen molar-refractivity contribution in [3.05, 3.63) is 46.1 Å². The lowest BCUT2D eigenvalue weighted by Crippen LogP contribution is -2.07. The molecule has 0 aromatic carbocycles. The van der Waals surface area contributed by atoms with Crippen molar-refractivity contribution in [2.75, 3.05) is 12.4 Å². The van der Waals surface area contributed by atoms with E-state index in [9.17, 15) is 4.79 Å². The Bertz CT molecular complexity index is 595. The highest BCUT2D eigenvalue weighted by molar-refractivity contribution is 9.10. The molecule has 2 rings (SSSR count). The first-order chi connectivity index (χ1) is 9.11. The highest BCUT2D eigenvalue weighted by atomic mass is 79.9. The maximum atomic E-state index is 11.5. The third kappa shape index (κ3) is 3.14. The lowest BCUT2D eigenvalue weighted by molar-refractivity contribution is 0.0563. The molecule has 0 atom stereocenters. The van der Waals surface area contributed by atoms with Crippen LogP contribution in [0.1, 0.15) is 21.8 Å². The normalized spacial score (nSPS) is 10.3. The van der Waals surface area contributed by atoms with Gasteiger partial charge in [0.15, 0.2) is 0 Å². The van der Waals surface area contributed by atoms with E-state index >= 15 is 0 Å². The third-order valence-corrected chi connectivity index (χ3v) is 3.08. The summed E-state index contributed by atoms with van der Waals surface area (Å²) in [5, 5.41) is 3.21. The molecule has 2 heterocycles. The number of hydrogen-bond acceptors (Lipinski definition) is 5. The number of aryl methyl sites for hydroxylation is 1. The summed E-state index contributed by atoms with van der Waals surface area (Å²) in [4.78, 5) is 15.7. The number of rotatable bonds is 4. The molecule has 0 amide bonds. The quantitative estimate of drug-likeness (QED) is 0.691. The number of carbonyl (C=O) groups is 1. The fourth-order valence-electron chi connectivity index (χ4n) is 1.65. The van der Waals surface area contributed by atoms with Gasteiger partial charge in [-0.2, -0.15) is 0 Å². The minimum Gasteiger partial charge on any atom is -0.463 e. The van der Waals surface area contributed by atoms with Crippen molar-refractivity contribution in [2.45, 2.75) is 13.5 Å². The van der Waals surface area contributed by atoms with E-state index in [-0.39, 0.29) is 5.76 Å². The molecule has 0 spiro atoms. The second-order valence-corrected chi connectivity index (χ2v) is 4.70. The Balaban J connectivity index is 2.10. The van der Waals surface area contributed by atoms with Gasteiger partial charge in [-0.25, -0.2) is 9.78 Å². The maximum Gasteiger partial charge on any atom is 0.374 e. The van der Waals surface area contributed by atoms with Crippen molar-refractivity contribution in [3.8, 4) is 0 Å². The molecule has 100 valence electrons. The van der Waals surface area contributed by atoms with E-state index < -0.39 is 5.97 Å². The molecule has 2 aromatic rings. The summed E-state index contributed by atoms with van der Waals surface area (Å²) in [6.45, 7) is 2.37.